The second-order valence-electron chi connectivity index (χ2n) is 10.9. The van der Waals surface area contributed by atoms with Crippen LogP contribution in [-0.2, 0) is 32.6 Å². The van der Waals surface area contributed by atoms with Crippen molar-refractivity contribution in [1.82, 2.24) is 10.2 Å². The van der Waals surface area contributed by atoms with Gasteiger partial charge in [-0.15, -0.1) is 0 Å². The zero-order valence-corrected chi connectivity index (χ0v) is 27.2. The summed E-state index contributed by atoms with van der Waals surface area (Å²) in [4.78, 5) is 29.5. The standard InChI is InChI=1S/C35H38ClN3O5S/c1-4-26(2)37-35(41)33(23-27-12-7-5-8-13-27)38(24-28-14-11-15-29(36)22-28)34(40)25-39(45(3,42)43)30-18-20-32(21-19-30)44-31-16-9-6-10-17-31/h5-22,26,33H,4,23-25H2,1-3H3,(H,37,41). The molecule has 2 unspecified atom stereocenters. The average molecular weight is 648 g/mol. The van der Waals surface area contributed by atoms with Crippen molar-refractivity contribution < 1.29 is 22.7 Å². The van der Waals surface area contributed by atoms with E-state index in [1.165, 1.54) is 4.90 Å². The highest BCUT2D eigenvalue weighted by atomic mass is 35.5. The van der Waals surface area contributed by atoms with Crippen molar-refractivity contribution in [3.63, 3.8) is 0 Å². The van der Waals surface area contributed by atoms with Crippen molar-refractivity contribution in [3.05, 3.63) is 125 Å². The van der Waals surface area contributed by atoms with Crippen LogP contribution in [0.3, 0.4) is 0 Å². The van der Waals surface area contributed by atoms with Gasteiger partial charge in [-0.1, -0.05) is 79.2 Å². The summed E-state index contributed by atoms with van der Waals surface area (Å²) in [5.41, 5.74) is 1.86. The number of carbonyl (C=O) groups is 2. The maximum absolute atomic E-state index is 14.2. The Balaban J connectivity index is 1.68. The molecule has 10 heteroatoms. The normalized spacial score (nSPS) is 12.5. The van der Waals surface area contributed by atoms with E-state index >= 15 is 0 Å². The van der Waals surface area contributed by atoms with Gasteiger partial charge in [-0.2, -0.15) is 0 Å². The molecular weight excluding hydrogens is 610 g/mol. The van der Waals surface area contributed by atoms with Gasteiger partial charge in [0.2, 0.25) is 21.8 Å². The zero-order valence-electron chi connectivity index (χ0n) is 25.6. The van der Waals surface area contributed by atoms with E-state index in [1.54, 1.807) is 42.5 Å². The van der Waals surface area contributed by atoms with E-state index in [4.69, 9.17) is 16.3 Å². The lowest BCUT2D eigenvalue weighted by Crippen LogP contribution is -2.54. The molecule has 0 fully saturated rings. The molecule has 0 aliphatic carbocycles. The van der Waals surface area contributed by atoms with Gasteiger partial charge in [0.05, 0.1) is 11.9 Å². The lowest BCUT2D eigenvalue weighted by Gasteiger charge is -2.34. The van der Waals surface area contributed by atoms with E-state index in [2.05, 4.69) is 5.32 Å². The second-order valence-corrected chi connectivity index (χ2v) is 13.2. The minimum atomic E-state index is -3.90. The van der Waals surface area contributed by atoms with Gasteiger partial charge in [-0.05, 0) is 73.0 Å². The Hall–Kier alpha value is -4.34. The summed E-state index contributed by atoms with van der Waals surface area (Å²) in [5, 5.41) is 3.50. The number of nitrogens with one attached hydrogen (secondary N) is 1. The monoisotopic (exact) mass is 647 g/mol. The first kappa shape index (κ1) is 33.6. The molecule has 0 radical (unpaired) electrons. The summed E-state index contributed by atoms with van der Waals surface area (Å²) in [6.45, 7) is 3.40. The third-order valence-corrected chi connectivity index (χ3v) is 8.67. The SMILES string of the molecule is CCC(C)NC(=O)C(Cc1ccccc1)N(Cc1cccc(Cl)c1)C(=O)CN(c1ccc(Oc2ccccc2)cc1)S(C)(=O)=O. The number of rotatable bonds is 14. The number of para-hydroxylation sites is 1. The van der Waals surface area contributed by atoms with Crippen molar-refractivity contribution in [2.45, 2.75) is 45.3 Å². The molecule has 4 rings (SSSR count). The van der Waals surface area contributed by atoms with Gasteiger partial charge in [0.25, 0.3) is 0 Å². The Morgan fingerprint density at radius 3 is 2.04 bits per heavy atom. The second kappa shape index (κ2) is 15.6. The summed E-state index contributed by atoms with van der Waals surface area (Å²) in [6.07, 6.45) is 1.99. The van der Waals surface area contributed by atoms with Gasteiger partial charge in [0.15, 0.2) is 0 Å². The maximum Gasteiger partial charge on any atom is 0.244 e. The molecule has 4 aromatic carbocycles. The highest BCUT2D eigenvalue weighted by molar-refractivity contribution is 7.92. The van der Waals surface area contributed by atoms with Crippen LogP contribution >= 0.6 is 11.6 Å². The molecule has 8 nitrogen and oxygen atoms in total. The highest BCUT2D eigenvalue weighted by Gasteiger charge is 2.33. The minimum Gasteiger partial charge on any atom is -0.457 e. The van der Waals surface area contributed by atoms with Gasteiger partial charge in [0.1, 0.15) is 24.1 Å². The molecule has 0 heterocycles. The van der Waals surface area contributed by atoms with Gasteiger partial charge in [-0.25, -0.2) is 8.42 Å². The Bertz CT molecular complexity index is 1670. The molecule has 0 saturated carbocycles. The first-order valence-corrected chi connectivity index (χ1v) is 16.9. The Morgan fingerprint density at radius 2 is 1.44 bits per heavy atom. The summed E-state index contributed by atoms with van der Waals surface area (Å²) >= 11 is 6.27. The van der Waals surface area contributed by atoms with Crippen LogP contribution in [0.5, 0.6) is 11.5 Å². The van der Waals surface area contributed by atoms with E-state index in [0.29, 0.717) is 28.5 Å². The molecule has 2 amide bonds. The fourth-order valence-corrected chi connectivity index (χ4v) is 5.81. The van der Waals surface area contributed by atoms with E-state index in [-0.39, 0.29) is 30.6 Å². The maximum atomic E-state index is 14.2. The Morgan fingerprint density at radius 1 is 0.844 bits per heavy atom. The predicted octanol–water partition coefficient (Wildman–Crippen LogP) is 6.45. The minimum absolute atomic E-state index is 0.0479. The van der Waals surface area contributed by atoms with Crippen molar-refractivity contribution >= 4 is 39.1 Å². The average Bonchev–Trinajstić information content (AvgIpc) is 3.02. The van der Waals surface area contributed by atoms with Crippen LogP contribution < -0.4 is 14.4 Å². The molecule has 236 valence electrons. The van der Waals surface area contributed by atoms with Crippen molar-refractivity contribution in [3.8, 4) is 11.5 Å². The molecule has 0 aromatic heterocycles. The van der Waals surface area contributed by atoms with Crippen LogP contribution in [0, 0.1) is 0 Å². The summed E-state index contributed by atoms with van der Waals surface area (Å²) in [6, 6.07) is 31.1. The fourth-order valence-electron chi connectivity index (χ4n) is 4.75. The lowest BCUT2D eigenvalue weighted by atomic mass is 10.0. The molecule has 2 atom stereocenters. The van der Waals surface area contributed by atoms with E-state index in [9.17, 15) is 18.0 Å². The molecule has 1 N–H and O–H groups in total. The number of benzene rings is 4. The molecule has 0 aliphatic rings. The van der Waals surface area contributed by atoms with Crippen molar-refractivity contribution in [1.29, 1.82) is 0 Å². The fraction of sp³-hybridized carbons (Fsp3) is 0.257. The number of nitrogens with zero attached hydrogens (tertiary/aromatic N) is 2. The zero-order chi connectivity index (χ0) is 32.4. The van der Waals surface area contributed by atoms with E-state index < -0.39 is 28.5 Å². The number of carbonyl (C=O) groups excluding carboxylic acids is 2. The largest absolute Gasteiger partial charge is 0.457 e. The van der Waals surface area contributed by atoms with Gasteiger partial charge in [-0.3, -0.25) is 13.9 Å². The summed E-state index contributed by atoms with van der Waals surface area (Å²) in [7, 11) is -3.90. The third-order valence-electron chi connectivity index (χ3n) is 7.30. The van der Waals surface area contributed by atoms with Crippen LogP contribution in [0.15, 0.2) is 109 Å². The smallest absolute Gasteiger partial charge is 0.244 e. The summed E-state index contributed by atoms with van der Waals surface area (Å²) in [5.74, 6) is 0.288. The van der Waals surface area contributed by atoms with Crippen LogP contribution in [0.25, 0.3) is 0 Å². The van der Waals surface area contributed by atoms with Crippen LogP contribution in [-0.4, -0.2) is 50.0 Å². The van der Waals surface area contributed by atoms with Gasteiger partial charge in [0, 0.05) is 24.0 Å². The molecule has 0 saturated heterocycles. The highest BCUT2D eigenvalue weighted by Crippen LogP contribution is 2.26. The molecule has 0 bridgehead atoms. The topological polar surface area (TPSA) is 96.0 Å². The van der Waals surface area contributed by atoms with Crippen LogP contribution in [0.1, 0.15) is 31.4 Å². The van der Waals surface area contributed by atoms with Crippen molar-refractivity contribution in [2.75, 3.05) is 17.1 Å². The number of amides is 2. The number of hydrogen-bond acceptors (Lipinski definition) is 5. The van der Waals surface area contributed by atoms with Crippen molar-refractivity contribution in [2.24, 2.45) is 0 Å². The Labute approximate surface area is 270 Å². The van der Waals surface area contributed by atoms with E-state index in [0.717, 1.165) is 16.1 Å². The number of ether oxygens (including phenoxy) is 1. The molecule has 0 aliphatic heterocycles. The lowest BCUT2D eigenvalue weighted by molar-refractivity contribution is -0.140. The third kappa shape index (κ3) is 9.83. The first-order valence-electron chi connectivity index (χ1n) is 14.7. The first-order chi connectivity index (χ1) is 21.5. The number of sulfonamides is 1. The Kier molecular flexibility index (Phi) is 11.6. The van der Waals surface area contributed by atoms with E-state index in [1.807, 2.05) is 80.6 Å². The summed E-state index contributed by atoms with van der Waals surface area (Å²) < 4.78 is 33.0. The number of hydrogen-bond donors (Lipinski definition) is 1. The number of halogens is 1. The quantitative estimate of drug-likeness (QED) is 0.170. The molecule has 45 heavy (non-hydrogen) atoms. The van der Waals surface area contributed by atoms with Gasteiger partial charge >= 0.3 is 0 Å². The van der Waals surface area contributed by atoms with Crippen LogP contribution in [0.2, 0.25) is 5.02 Å². The predicted molar refractivity (Wildman–Crippen MR) is 179 cm³/mol. The molecular formula is C35H38ClN3O5S. The molecule has 0 spiro atoms. The van der Waals surface area contributed by atoms with Crippen LogP contribution in [0.4, 0.5) is 5.69 Å². The number of anilines is 1. The molecule has 4 aromatic rings. The van der Waals surface area contributed by atoms with Gasteiger partial charge < -0.3 is 15.0 Å².